The van der Waals surface area contributed by atoms with E-state index in [4.69, 9.17) is 4.74 Å². The smallest absolute Gasteiger partial charge is 0.230 e. The van der Waals surface area contributed by atoms with Crippen LogP contribution in [0.25, 0.3) is 0 Å². The lowest BCUT2D eigenvalue weighted by Gasteiger charge is -2.07. The first-order valence-corrected chi connectivity index (χ1v) is 9.64. The molecule has 0 aromatic heterocycles. The van der Waals surface area contributed by atoms with Gasteiger partial charge >= 0.3 is 0 Å². The maximum Gasteiger partial charge on any atom is 0.230 e. The molecule has 0 aliphatic rings. The molecule has 25 heavy (non-hydrogen) atoms. The first-order chi connectivity index (χ1) is 12.2. The summed E-state index contributed by atoms with van der Waals surface area (Å²) in [7, 11) is 0. The molecule has 3 nitrogen and oxygen atoms in total. The summed E-state index contributed by atoms with van der Waals surface area (Å²) in [5.41, 5.74) is 1.86. The molecule has 0 heterocycles. The Morgan fingerprint density at radius 3 is 2.64 bits per heavy atom. The van der Waals surface area contributed by atoms with Gasteiger partial charge in [0, 0.05) is 12.3 Å². The van der Waals surface area contributed by atoms with Gasteiger partial charge in [0.05, 0.1) is 12.4 Å². The third kappa shape index (κ3) is 7.18. The molecule has 0 aliphatic heterocycles. The predicted molar refractivity (Wildman–Crippen MR) is 102 cm³/mol. The largest absolute Gasteiger partial charge is 0.494 e. The number of ether oxygens (including phenoxy) is 1. The van der Waals surface area contributed by atoms with Crippen LogP contribution in [0.5, 0.6) is 5.75 Å². The van der Waals surface area contributed by atoms with Crippen molar-refractivity contribution in [2.45, 2.75) is 25.5 Å². The number of hydrogen-bond donors (Lipinski definition) is 1. The van der Waals surface area contributed by atoms with E-state index in [0.717, 1.165) is 18.6 Å². The van der Waals surface area contributed by atoms with Gasteiger partial charge in [-0.25, -0.2) is 4.39 Å². The van der Waals surface area contributed by atoms with Crippen LogP contribution in [-0.4, -0.2) is 24.8 Å². The Balaban J connectivity index is 1.58. The van der Waals surface area contributed by atoms with Crippen molar-refractivity contribution in [2.24, 2.45) is 0 Å². The van der Waals surface area contributed by atoms with Crippen molar-refractivity contribution in [1.29, 1.82) is 0 Å². The van der Waals surface area contributed by atoms with Gasteiger partial charge in [-0.05, 0) is 49.1 Å². The molecule has 134 valence electrons. The van der Waals surface area contributed by atoms with E-state index in [9.17, 15) is 9.18 Å². The molecule has 0 bridgehead atoms. The highest BCUT2D eigenvalue weighted by atomic mass is 32.2. The number of rotatable bonds is 10. The third-order valence-electron chi connectivity index (χ3n) is 3.65. The van der Waals surface area contributed by atoms with E-state index in [1.54, 1.807) is 18.2 Å². The quantitative estimate of drug-likeness (QED) is 0.644. The zero-order valence-corrected chi connectivity index (χ0v) is 15.3. The summed E-state index contributed by atoms with van der Waals surface area (Å²) in [6, 6.07) is 14.7. The van der Waals surface area contributed by atoms with E-state index >= 15 is 0 Å². The molecule has 0 radical (unpaired) electrons. The van der Waals surface area contributed by atoms with Crippen molar-refractivity contribution in [3.8, 4) is 5.75 Å². The predicted octanol–water partition coefficient (Wildman–Crippen LogP) is 4.21. The first kappa shape index (κ1) is 19.3. The minimum absolute atomic E-state index is 0.00645. The molecule has 2 aromatic carbocycles. The Morgan fingerprint density at radius 2 is 1.92 bits per heavy atom. The minimum atomic E-state index is -0.217. The molecule has 1 amide bonds. The Labute approximate surface area is 153 Å². The number of halogens is 1. The van der Waals surface area contributed by atoms with Gasteiger partial charge in [0.2, 0.25) is 5.91 Å². The fraction of sp³-hybridized carbons (Fsp3) is 0.350. The standard InChI is InChI=1S/C20H24FNO2S/c1-2-24-18-11-9-16(10-12-18)6-5-13-22-20(23)15-25-14-17-7-3-4-8-19(17)21/h3-4,7-12H,2,5-6,13-15H2,1H3,(H,22,23). The molecule has 5 heteroatoms. The average molecular weight is 361 g/mol. The first-order valence-electron chi connectivity index (χ1n) is 8.48. The number of aryl methyl sites for hydroxylation is 1. The molecule has 0 saturated heterocycles. The zero-order chi connectivity index (χ0) is 17.9. The summed E-state index contributed by atoms with van der Waals surface area (Å²) in [5.74, 6) is 1.51. The van der Waals surface area contributed by atoms with E-state index in [0.29, 0.717) is 30.2 Å². The van der Waals surface area contributed by atoms with E-state index in [2.05, 4.69) is 17.4 Å². The Bertz CT molecular complexity index is 661. The van der Waals surface area contributed by atoms with Gasteiger partial charge in [-0.1, -0.05) is 30.3 Å². The van der Waals surface area contributed by atoms with Crippen molar-refractivity contribution >= 4 is 17.7 Å². The highest BCUT2D eigenvalue weighted by Crippen LogP contribution is 2.15. The summed E-state index contributed by atoms with van der Waals surface area (Å²) in [6.45, 7) is 3.28. The van der Waals surface area contributed by atoms with Gasteiger partial charge in [-0.15, -0.1) is 11.8 Å². The fourth-order valence-electron chi connectivity index (χ4n) is 2.36. The van der Waals surface area contributed by atoms with Crippen LogP contribution >= 0.6 is 11.8 Å². The van der Waals surface area contributed by atoms with Crippen LogP contribution in [0, 0.1) is 5.82 Å². The average Bonchev–Trinajstić information content (AvgIpc) is 2.62. The number of benzene rings is 2. The highest BCUT2D eigenvalue weighted by Gasteiger charge is 2.04. The number of carbonyl (C=O) groups excluding carboxylic acids is 1. The van der Waals surface area contributed by atoms with Gasteiger partial charge in [0.1, 0.15) is 11.6 Å². The second kappa shape index (κ2) is 10.8. The topological polar surface area (TPSA) is 38.3 Å². The van der Waals surface area contributed by atoms with Crippen LogP contribution < -0.4 is 10.1 Å². The van der Waals surface area contributed by atoms with Crippen LogP contribution in [0.1, 0.15) is 24.5 Å². The molecule has 0 unspecified atom stereocenters. The molecule has 1 N–H and O–H groups in total. The summed E-state index contributed by atoms with van der Waals surface area (Å²) >= 11 is 1.42. The molecule has 2 rings (SSSR count). The van der Waals surface area contributed by atoms with E-state index < -0.39 is 0 Å². The summed E-state index contributed by atoms with van der Waals surface area (Å²) in [5, 5.41) is 2.91. The van der Waals surface area contributed by atoms with Gasteiger partial charge in [0.15, 0.2) is 0 Å². The van der Waals surface area contributed by atoms with Gasteiger partial charge in [0.25, 0.3) is 0 Å². The molecule has 2 aromatic rings. The molecule has 0 fully saturated rings. The van der Waals surface area contributed by atoms with Crippen LogP contribution in [0.4, 0.5) is 4.39 Å². The molecular formula is C20H24FNO2S. The third-order valence-corrected chi connectivity index (χ3v) is 4.63. The zero-order valence-electron chi connectivity index (χ0n) is 14.5. The molecule has 0 aliphatic carbocycles. The maximum atomic E-state index is 13.5. The monoisotopic (exact) mass is 361 g/mol. The van der Waals surface area contributed by atoms with Gasteiger partial charge < -0.3 is 10.1 Å². The normalized spacial score (nSPS) is 10.5. The lowest BCUT2D eigenvalue weighted by molar-refractivity contribution is -0.118. The van der Waals surface area contributed by atoms with Crippen LogP contribution in [-0.2, 0) is 17.0 Å². The molecular weight excluding hydrogens is 337 g/mol. The number of hydrogen-bond acceptors (Lipinski definition) is 3. The Morgan fingerprint density at radius 1 is 1.16 bits per heavy atom. The highest BCUT2D eigenvalue weighted by molar-refractivity contribution is 7.99. The van der Waals surface area contributed by atoms with E-state index in [1.807, 2.05) is 19.1 Å². The minimum Gasteiger partial charge on any atom is -0.494 e. The Kier molecular flexibility index (Phi) is 8.32. The van der Waals surface area contributed by atoms with E-state index in [1.165, 1.54) is 23.4 Å². The number of thioether (sulfide) groups is 1. The van der Waals surface area contributed by atoms with Crippen LogP contribution in [0.2, 0.25) is 0 Å². The lowest BCUT2D eigenvalue weighted by Crippen LogP contribution is -2.26. The van der Waals surface area contributed by atoms with Crippen molar-refractivity contribution in [3.63, 3.8) is 0 Å². The number of nitrogens with one attached hydrogen (secondary N) is 1. The van der Waals surface area contributed by atoms with Crippen molar-refractivity contribution in [1.82, 2.24) is 5.32 Å². The van der Waals surface area contributed by atoms with Gasteiger partial charge in [-0.2, -0.15) is 0 Å². The van der Waals surface area contributed by atoms with Crippen molar-refractivity contribution in [3.05, 3.63) is 65.5 Å². The summed E-state index contributed by atoms with van der Waals surface area (Å²) in [6.07, 6.45) is 1.80. The second-order valence-corrected chi connectivity index (χ2v) is 6.60. The Hall–Kier alpha value is -2.01. The number of carbonyl (C=O) groups is 1. The van der Waals surface area contributed by atoms with Crippen LogP contribution in [0.3, 0.4) is 0 Å². The lowest BCUT2D eigenvalue weighted by atomic mass is 10.1. The van der Waals surface area contributed by atoms with Crippen molar-refractivity contribution in [2.75, 3.05) is 18.9 Å². The van der Waals surface area contributed by atoms with Gasteiger partial charge in [-0.3, -0.25) is 4.79 Å². The summed E-state index contributed by atoms with van der Waals surface area (Å²) < 4.78 is 18.9. The maximum absolute atomic E-state index is 13.5. The molecule has 0 spiro atoms. The van der Waals surface area contributed by atoms with E-state index in [-0.39, 0.29) is 11.7 Å². The molecule has 0 atom stereocenters. The molecule has 0 saturated carbocycles. The SMILES string of the molecule is CCOc1ccc(CCCNC(=O)CSCc2ccccc2F)cc1. The summed E-state index contributed by atoms with van der Waals surface area (Å²) in [4.78, 5) is 11.8. The second-order valence-electron chi connectivity index (χ2n) is 5.61. The fourth-order valence-corrected chi connectivity index (χ4v) is 3.20. The van der Waals surface area contributed by atoms with Crippen LogP contribution in [0.15, 0.2) is 48.5 Å². The number of amides is 1. The van der Waals surface area contributed by atoms with Crippen molar-refractivity contribution < 1.29 is 13.9 Å².